The fourth-order valence-corrected chi connectivity index (χ4v) is 5.13. The Hall–Kier alpha value is -4.30. The minimum absolute atomic E-state index is 0.00458. The van der Waals surface area contributed by atoms with Gasteiger partial charge in [0.1, 0.15) is 0 Å². The van der Waals surface area contributed by atoms with Crippen molar-refractivity contribution in [3.05, 3.63) is 94.8 Å². The van der Waals surface area contributed by atoms with Gasteiger partial charge in [-0.15, -0.1) is 0 Å². The van der Waals surface area contributed by atoms with Crippen molar-refractivity contribution >= 4 is 35.0 Å². The molecule has 3 aromatic rings. The fourth-order valence-electron chi connectivity index (χ4n) is 5.13. The van der Waals surface area contributed by atoms with Crippen LogP contribution in [0.2, 0.25) is 0 Å². The number of anilines is 1. The lowest BCUT2D eigenvalue weighted by Crippen LogP contribution is -2.15. The molecule has 1 fully saturated rings. The number of carbonyl (C=O) groups is 1. The van der Waals surface area contributed by atoms with Crippen LogP contribution in [0.3, 0.4) is 0 Å². The SMILES string of the molecule is CC(=Nc1cccnc1C)/C(=C(\N)c1cccc(N)c1C=NCC(O)c1ccccc1)C(C)C.CCC[C@@H]1C[C@@H]1C(=O)O. The topological polar surface area (TPSA) is 147 Å². The van der Waals surface area contributed by atoms with Crippen molar-refractivity contribution < 1.29 is 15.0 Å². The van der Waals surface area contributed by atoms with E-state index in [1.54, 1.807) is 12.4 Å². The number of aryl methyl sites for hydroxylation is 1. The Morgan fingerprint density at radius 3 is 2.44 bits per heavy atom. The van der Waals surface area contributed by atoms with Crippen molar-refractivity contribution in [3.8, 4) is 0 Å². The highest BCUT2D eigenvalue weighted by atomic mass is 16.4. The van der Waals surface area contributed by atoms with Gasteiger partial charge in [-0.2, -0.15) is 0 Å². The first-order chi connectivity index (χ1) is 20.5. The molecule has 0 aliphatic heterocycles. The molecule has 6 N–H and O–H groups in total. The summed E-state index contributed by atoms with van der Waals surface area (Å²) in [6.07, 6.45) is 5.89. The van der Waals surface area contributed by atoms with Crippen LogP contribution in [0, 0.1) is 24.7 Å². The van der Waals surface area contributed by atoms with E-state index in [2.05, 4.69) is 30.7 Å². The number of nitrogens with zero attached hydrogens (tertiary/aromatic N) is 3. The van der Waals surface area contributed by atoms with E-state index < -0.39 is 12.1 Å². The zero-order chi connectivity index (χ0) is 31.5. The van der Waals surface area contributed by atoms with E-state index in [9.17, 15) is 9.90 Å². The zero-order valence-corrected chi connectivity index (χ0v) is 25.9. The average Bonchev–Trinajstić information content (AvgIpc) is 3.75. The molecule has 228 valence electrons. The first kappa shape index (κ1) is 33.2. The van der Waals surface area contributed by atoms with Gasteiger partial charge in [-0.1, -0.05) is 69.7 Å². The summed E-state index contributed by atoms with van der Waals surface area (Å²) in [5.74, 6) is 0.0396. The van der Waals surface area contributed by atoms with Crippen molar-refractivity contribution in [1.82, 2.24) is 4.98 Å². The number of carboxylic acid groups (broad SMARTS) is 1. The molecule has 1 aliphatic rings. The number of benzene rings is 2. The van der Waals surface area contributed by atoms with Gasteiger partial charge in [-0.3, -0.25) is 19.8 Å². The number of aromatic nitrogens is 1. The summed E-state index contributed by atoms with van der Waals surface area (Å²) in [5.41, 5.74) is 20.0. The number of carboxylic acids is 1. The molecule has 3 atom stereocenters. The average molecular weight is 584 g/mol. The second-order valence-corrected chi connectivity index (χ2v) is 11.2. The summed E-state index contributed by atoms with van der Waals surface area (Å²) >= 11 is 0. The number of nitrogens with two attached hydrogens (primary N) is 2. The maximum Gasteiger partial charge on any atom is 0.306 e. The van der Waals surface area contributed by atoms with Crippen LogP contribution >= 0.6 is 0 Å². The molecule has 1 saturated carbocycles. The number of hydrogen-bond acceptors (Lipinski definition) is 7. The molecule has 0 radical (unpaired) electrons. The lowest BCUT2D eigenvalue weighted by atomic mass is 9.91. The molecular weight excluding hydrogens is 538 g/mol. The number of rotatable bonds is 11. The minimum Gasteiger partial charge on any atom is -0.481 e. The predicted molar refractivity (Wildman–Crippen MR) is 177 cm³/mol. The first-order valence-corrected chi connectivity index (χ1v) is 14.9. The Balaban J connectivity index is 0.000000480. The number of aliphatic hydroxyl groups excluding tert-OH is 1. The summed E-state index contributed by atoms with van der Waals surface area (Å²) in [6, 6.07) is 18.9. The summed E-state index contributed by atoms with van der Waals surface area (Å²) in [7, 11) is 0. The van der Waals surface area contributed by atoms with Gasteiger partial charge < -0.3 is 21.7 Å². The third kappa shape index (κ3) is 9.35. The lowest BCUT2D eigenvalue weighted by molar-refractivity contribution is -0.138. The highest BCUT2D eigenvalue weighted by Crippen LogP contribution is 2.41. The Morgan fingerprint density at radius 2 is 1.84 bits per heavy atom. The van der Waals surface area contributed by atoms with Crippen molar-refractivity contribution in [2.24, 2.45) is 33.5 Å². The molecule has 8 nitrogen and oxygen atoms in total. The molecule has 1 aliphatic carbocycles. The van der Waals surface area contributed by atoms with E-state index in [0.29, 0.717) is 17.3 Å². The van der Waals surface area contributed by atoms with Gasteiger partial charge in [-0.05, 0) is 67.9 Å². The quantitative estimate of drug-likeness (QED) is 0.145. The number of pyridine rings is 1. The normalized spacial score (nSPS) is 17.7. The van der Waals surface area contributed by atoms with Crippen LogP contribution in [0.25, 0.3) is 5.70 Å². The molecule has 8 heteroatoms. The second kappa shape index (κ2) is 15.8. The fraction of sp³-hybridized carbons (Fsp3) is 0.371. The molecule has 1 heterocycles. The molecule has 0 spiro atoms. The third-order valence-corrected chi connectivity index (χ3v) is 7.54. The number of aliphatic hydroxyl groups is 1. The first-order valence-electron chi connectivity index (χ1n) is 14.9. The van der Waals surface area contributed by atoms with Gasteiger partial charge in [-0.25, -0.2) is 0 Å². The van der Waals surface area contributed by atoms with Crippen molar-refractivity contribution in [1.29, 1.82) is 0 Å². The number of nitrogen functional groups attached to an aromatic ring is 1. The highest BCUT2D eigenvalue weighted by Gasteiger charge is 2.41. The molecule has 4 rings (SSSR count). The Kier molecular flexibility index (Phi) is 12.2. The molecular formula is C35H45N5O3. The highest BCUT2D eigenvalue weighted by molar-refractivity contribution is 6.07. The van der Waals surface area contributed by atoms with Crippen LogP contribution in [0.1, 0.15) is 75.4 Å². The molecule has 0 bridgehead atoms. The minimum atomic E-state index is -0.693. The Bertz CT molecular complexity index is 1460. The Labute approximate surface area is 255 Å². The van der Waals surface area contributed by atoms with Crippen LogP contribution in [0.5, 0.6) is 0 Å². The second-order valence-electron chi connectivity index (χ2n) is 11.2. The summed E-state index contributed by atoms with van der Waals surface area (Å²) in [4.78, 5) is 23.9. The van der Waals surface area contributed by atoms with Crippen LogP contribution in [-0.4, -0.2) is 39.6 Å². The standard InChI is InChI=1S/C28H33N5O.C7H12O2/c1-18(2)27(20(4)33-25-14-9-15-32-19(25)3)28(30)22-12-8-13-24(29)23(22)16-31-17-26(34)21-10-6-5-7-11-21;1-2-3-5-4-6(5)7(8)9/h5-16,18,26,34H,17,29-30H2,1-4H3;5-6H,2-4H2,1H3,(H,8,9)/b28-27-,31-16?,33-20?;/t;5-,6+/m.1/s1. The smallest absolute Gasteiger partial charge is 0.306 e. The number of hydrogen-bond donors (Lipinski definition) is 4. The van der Waals surface area contributed by atoms with Crippen molar-refractivity contribution in [2.45, 2.75) is 60.0 Å². The van der Waals surface area contributed by atoms with E-state index in [1.165, 1.54) is 0 Å². The number of aliphatic carboxylic acids is 1. The lowest BCUT2D eigenvalue weighted by Gasteiger charge is -2.18. The summed E-state index contributed by atoms with van der Waals surface area (Å²) < 4.78 is 0. The maximum atomic E-state index is 10.4. The van der Waals surface area contributed by atoms with Crippen LogP contribution < -0.4 is 11.5 Å². The molecule has 43 heavy (non-hydrogen) atoms. The third-order valence-electron chi connectivity index (χ3n) is 7.54. The molecule has 0 saturated heterocycles. The van der Waals surface area contributed by atoms with E-state index in [0.717, 1.165) is 58.6 Å². The number of aliphatic imine (C=N–C) groups is 2. The van der Waals surface area contributed by atoms with Gasteiger partial charge in [0.15, 0.2) is 0 Å². The molecule has 1 unspecified atom stereocenters. The summed E-state index contributed by atoms with van der Waals surface area (Å²) in [6.45, 7) is 10.4. The van der Waals surface area contributed by atoms with Crippen LogP contribution in [0.4, 0.5) is 11.4 Å². The zero-order valence-electron chi connectivity index (χ0n) is 25.9. The van der Waals surface area contributed by atoms with Gasteiger partial charge in [0, 0.05) is 40.6 Å². The van der Waals surface area contributed by atoms with Crippen LogP contribution in [0.15, 0.2) is 82.4 Å². The van der Waals surface area contributed by atoms with Gasteiger partial charge in [0.25, 0.3) is 0 Å². The van der Waals surface area contributed by atoms with E-state index in [-0.39, 0.29) is 18.4 Å². The van der Waals surface area contributed by atoms with Gasteiger partial charge >= 0.3 is 5.97 Å². The van der Waals surface area contributed by atoms with Crippen molar-refractivity contribution in [2.75, 3.05) is 12.3 Å². The predicted octanol–water partition coefficient (Wildman–Crippen LogP) is 6.75. The van der Waals surface area contributed by atoms with Gasteiger partial charge in [0.05, 0.1) is 29.9 Å². The molecule has 1 aromatic heterocycles. The van der Waals surface area contributed by atoms with Gasteiger partial charge in [0.2, 0.25) is 0 Å². The molecule has 0 amide bonds. The number of allylic oxidation sites excluding steroid dienone is 1. The Morgan fingerprint density at radius 1 is 1.12 bits per heavy atom. The molecule has 2 aromatic carbocycles. The van der Waals surface area contributed by atoms with E-state index in [1.807, 2.05) is 74.5 Å². The summed E-state index contributed by atoms with van der Waals surface area (Å²) in [5, 5.41) is 18.9. The largest absolute Gasteiger partial charge is 0.481 e. The van der Waals surface area contributed by atoms with E-state index >= 15 is 0 Å². The maximum absolute atomic E-state index is 10.4. The van der Waals surface area contributed by atoms with Crippen LogP contribution in [-0.2, 0) is 4.79 Å². The van der Waals surface area contributed by atoms with Crippen molar-refractivity contribution in [3.63, 3.8) is 0 Å². The van der Waals surface area contributed by atoms with E-state index in [4.69, 9.17) is 21.6 Å². The monoisotopic (exact) mass is 583 g/mol.